The van der Waals surface area contributed by atoms with Gasteiger partial charge in [-0.2, -0.15) is 5.10 Å². The Bertz CT molecular complexity index is 870. The largest absolute Gasteiger partial charge is 0.452 e. The van der Waals surface area contributed by atoms with Gasteiger partial charge in [0.2, 0.25) is 0 Å². The highest BCUT2D eigenvalue weighted by molar-refractivity contribution is 5.95. The third kappa shape index (κ3) is 4.30. The number of hydrogen-bond donors (Lipinski definition) is 1. The molecule has 0 atom stereocenters. The van der Waals surface area contributed by atoms with Crippen LogP contribution in [0.2, 0.25) is 0 Å². The number of aromatic nitrogens is 2. The maximum atomic E-state index is 12.1. The number of carbonyl (C=O) groups is 2. The van der Waals surface area contributed by atoms with Gasteiger partial charge in [-0.25, -0.2) is 9.48 Å². The standard InChI is InChI=1S/C18H20N4O5/c1-12-10-13(6-7-15(12)22(25)26)18(24)27-11-17(23)20-16-8-9-19-21(16)14-4-2-3-5-14/h6-10,14H,2-5,11H2,1H3,(H,20,23). The van der Waals surface area contributed by atoms with Crippen LogP contribution in [0.5, 0.6) is 0 Å². The van der Waals surface area contributed by atoms with Gasteiger partial charge in [-0.15, -0.1) is 0 Å². The Morgan fingerprint density at radius 3 is 2.74 bits per heavy atom. The smallest absolute Gasteiger partial charge is 0.338 e. The summed E-state index contributed by atoms with van der Waals surface area (Å²) in [4.78, 5) is 34.5. The van der Waals surface area contributed by atoms with Gasteiger partial charge in [0, 0.05) is 17.7 Å². The van der Waals surface area contributed by atoms with Gasteiger partial charge in [-0.1, -0.05) is 12.8 Å². The molecule has 0 bridgehead atoms. The number of nitro groups is 1. The molecule has 0 aliphatic heterocycles. The maximum absolute atomic E-state index is 12.1. The Kier molecular flexibility index (Phi) is 5.49. The van der Waals surface area contributed by atoms with Crippen LogP contribution in [0.25, 0.3) is 0 Å². The average molecular weight is 372 g/mol. The summed E-state index contributed by atoms with van der Waals surface area (Å²) < 4.78 is 6.81. The molecule has 0 unspecified atom stereocenters. The second-order valence-corrected chi connectivity index (χ2v) is 6.48. The van der Waals surface area contributed by atoms with Gasteiger partial charge in [0.05, 0.1) is 22.7 Å². The zero-order chi connectivity index (χ0) is 19.4. The van der Waals surface area contributed by atoms with E-state index in [1.54, 1.807) is 16.9 Å². The summed E-state index contributed by atoms with van der Waals surface area (Å²) in [5.41, 5.74) is 0.422. The van der Waals surface area contributed by atoms with Gasteiger partial charge in [-0.3, -0.25) is 14.9 Å². The molecule has 1 N–H and O–H groups in total. The molecule has 9 heteroatoms. The molecular weight excluding hydrogens is 352 g/mol. The molecule has 1 amide bonds. The fourth-order valence-corrected chi connectivity index (χ4v) is 3.23. The molecule has 0 spiro atoms. The second kappa shape index (κ2) is 7.98. The lowest BCUT2D eigenvalue weighted by Gasteiger charge is -2.14. The first kappa shape index (κ1) is 18.6. The van der Waals surface area contributed by atoms with E-state index in [1.807, 2.05) is 0 Å². The van der Waals surface area contributed by atoms with E-state index in [4.69, 9.17) is 4.74 Å². The van der Waals surface area contributed by atoms with Crippen LogP contribution in [0.3, 0.4) is 0 Å². The number of nitrogens with zero attached hydrogens (tertiary/aromatic N) is 3. The summed E-state index contributed by atoms with van der Waals surface area (Å²) in [5, 5.41) is 17.8. The van der Waals surface area contributed by atoms with Crippen molar-refractivity contribution in [1.29, 1.82) is 0 Å². The van der Waals surface area contributed by atoms with Crippen molar-refractivity contribution in [3.63, 3.8) is 0 Å². The van der Waals surface area contributed by atoms with Crippen molar-refractivity contribution < 1.29 is 19.2 Å². The Balaban J connectivity index is 1.56. The Labute approximate surface area is 155 Å². The molecule has 0 radical (unpaired) electrons. The molecule has 1 aromatic heterocycles. The highest BCUT2D eigenvalue weighted by Gasteiger charge is 2.21. The lowest BCUT2D eigenvalue weighted by Crippen LogP contribution is -2.23. The average Bonchev–Trinajstić information content (AvgIpc) is 3.30. The van der Waals surface area contributed by atoms with Crippen molar-refractivity contribution in [3.8, 4) is 0 Å². The highest BCUT2D eigenvalue weighted by Crippen LogP contribution is 2.31. The molecule has 27 heavy (non-hydrogen) atoms. The van der Waals surface area contributed by atoms with Gasteiger partial charge in [0.1, 0.15) is 5.82 Å². The van der Waals surface area contributed by atoms with Crippen LogP contribution in [-0.4, -0.2) is 33.2 Å². The van der Waals surface area contributed by atoms with Crippen LogP contribution in [0.4, 0.5) is 11.5 Å². The number of hydrogen-bond acceptors (Lipinski definition) is 6. The molecule has 0 saturated heterocycles. The van der Waals surface area contributed by atoms with E-state index < -0.39 is 23.4 Å². The maximum Gasteiger partial charge on any atom is 0.338 e. The number of rotatable bonds is 6. The fraction of sp³-hybridized carbons (Fsp3) is 0.389. The van der Waals surface area contributed by atoms with E-state index >= 15 is 0 Å². The van der Waals surface area contributed by atoms with Gasteiger partial charge in [0.25, 0.3) is 11.6 Å². The summed E-state index contributed by atoms with van der Waals surface area (Å²) in [5.74, 6) is -0.608. The number of nitrogens with one attached hydrogen (secondary N) is 1. The van der Waals surface area contributed by atoms with Crippen LogP contribution in [0, 0.1) is 17.0 Å². The first-order valence-corrected chi connectivity index (χ1v) is 8.71. The monoisotopic (exact) mass is 372 g/mol. The summed E-state index contributed by atoms with van der Waals surface area (Å²) in [6.45, 7) is 1.08. The number of amides is 1. The molecule has 1 aromatic carbocycles. The topological polar surface area (TPSA) is 116 Å². The van der Waals surface area contributed by atoms with Crippen molar-refractivity contribution in [3.05, 3.63) is 51.7 Å². The van der Waals surface area contributed by atoms with Crippen molar-refractivity contribution in [2.75, 3.05) is 11.9 Å². The van der Waals surface area contributed by atoms with Crippen molar-refractivity contribution >= 4 is 23.4 Å². The first-order valence-electron chi connectivity index (χ1n) is 8.71. The second-order valence-electron chi connectivity index (χ2n) is 6.48. The summed E-state index contributed by atoms with van der Waals surface area (Å²) >= 11 is 0. The molecule has 9 nitrogen and oxygen atoms in total. The summed E-state index contributed by atoms with van der Waals surface area (Å²) in [6, 6.07) is 5.90. The van der Waals surface area contributed by atoms with Crippen molar-refractivity contribution in [1.82, 2.24) is 9.78 Å². The Morgan fingerprint density at radius 2 is 2.07 bits per heavy atom. The minimum absolute atomic E-state index is 0.0792. The minimum atomic E-state index is -0.715. The van der Waals surface area contributed by atoms with E-state index in [9.17, 15) is 19.7 Å². The van der Waals surface area contributed by atoms with Crippen LogP contribution in [-0.2, 0) is 9.53 Å². The van der Waals surface area contributed by atoms with Gasteiger partial charge in [0.15, 0.2) is 6.61 Å². The summed E-state index contributed by atoms with van der Waals surface area (Å²) in [6.07, 6.45) is 5.96. The predicted octanol–water partition coefficient (Wildman–Crippen LogP) is 3.01. The lowest BCUT2D eigenvalue weighted by molar-refractivity contribution is -0.385. The molecule has 1 fully saturated rings. The predicted molar refractivity (Wildman–Crippen MR) is 96.5 cm³/mol. The van der Waals surface area contributed by atoms with Crippen LogP contribution in [0.1, 0.15) is 47.6 Å². The first-order chi connectivity index (χ1) is 13.0. The SMILES string of the molecule is Cc1cc(C(=O)OCC(=O)Nc2ccnn2C2CCCC2)ccc1[N+](=O)[O-]. The summed E-state index contributed by atoms with van der Waals surface area (Å²) in [7, 11) is 0. The molecule has 1 aliphatic rings. The van der Waals surface area contributed by atoms with Crippen LogP contribution < -0.4 is 5.32 Å². The molecule has 142 valence electrons. The quantitative estimate of drug-likeness (QED) is 0.473. The lowest BCUT2D eigenvalue weighted by atomic mass is 10.1. The molecule has 1 heterocycles. The van der Waals surface area contributed by atoms with E-state index in [0.717, 1.165) is 25.7 Å². The minimum Gasteiger partial charge on any atom is -0.452 e. The number of benzene rings is 1. The van der Waals surface area contributed by atoms with Gasteiger partial charge >= 0.3 is 5.97 Å². The number of nitro benzene ring substituents is 1. The van der Waals surface area contributed by atoms with Crippen LogP contribution in [0.15, 0.2) is 30.5 Å². The zero-order valence-electron chi connectivity index (χ0n) is 14.9. The number of esters is 1. The number of ether oxygens (including phenoxy) is 1. The molecule has 2 aromatic rings. The fourth-order valence-electron chi connectivity index (χ4n) is 3.23. The molecule has 3 rings (SSSR count). The van der Waals surface area contributed by atoms with E-state index in [0.29, 0.717) is 11.4 Å². The molecule has 1 aliphatic carbocycles. The van der Waals surface area contributed by atoms with E-state index in [-0.39, 0.29) is 17.3 Å². The van der Waals surface area contributed by atoms with Crippen LogP contribution >= 0.6 is 0 Å². The zero-order valence-corrected chi connectivity index (χ0v) is 14.9. The third-order valence-electron chi connectivity index (χ3n) is 4.57. The number of aryl methyl sites for hydroxylation is 1. The number of carbonyl (C=O) groups excluding carboxylic acids is 2. The molecular formula is C18H20N4O5. The van der Waals surface area contributed by atoms with Crippen molar-refractivity contribution in [2.24, 2.45) is 0 Å². The Hall–Kier alpha value is -3.23. The van der Waals surface area contributed by atoms with E-state index in [2.05, 4.69) is 10.4 Å². The molecule has 1 saturated carbocycles. The Morgan fingerprint density at radius 1 is 1.33 bits per heavy atom. The normalized spacial score (nSPS) is 14.1. The number of anilines is 1. The van der Waals surface area contributed by atoms with Gasteiger partial charge in [-0.05, 0) is 31.9 Å². The highest BCUT2D eigenvalue weighted by atomic mass is 16.6. The third-order valence-corrected chi connectivity index (χ3v) is 4.57. The van der Waals surface area contributed by atoms with Crippen molar-refractivity contribution in [2.45, 2.75) is 38.6 Å². The van der Waals surface area contributed by atoms with E-state index in [1.165, 1.54) is 25.1 Å². The van der Waals surface area contributed by atoms with Gasteiger partial charge < -0.3 is 10.1 Å².